The van der Waals surface area contributed by atoms with E-state index >= 15 is 0 Å². The summed E-state index contributed by atoms with van der Waals surface area (Å²) in [5.41, 5.74) is 0.859. The van der Waals surface area contributed by atoms with Crippen molar-refractivity contribution in [1.82, 2.24) is 14.9 Å². The van der Waals surface area contributed by atoms with Crippen LogP contribution in [0, 0.1) is 12.7 Å². The van der Waals surface area contributed by atoms with Crippen LogP contribution in [-0.4, -0.2) is 66.9 Å². The monoisotopic (exact) mass is 477 g/mol. The topological polar surface area (TPSA) is 105 Å². The van der Waals surface area contributed by atoms with E-state index in [1.165, 1.54) is 18.5 Å². The van der Waals surface area contributed by atoms with E-state index in [2.05, 4.69) is 20.2 Å². The number of carbonyl (C=O) groups is 1. The van der Waals surface area contributed by atoms with Crippen molar-refractivity contribution in [2.24, 2.45) is 0 Å². The summed E-state index contributed by atoms with van der Waals surface area (Å²) in [6.45, 7) is 6.78. The Morgan fingerprint density at radius 3 is 2.45 bits per heavy atom. The molecule has 178 valence electrons. The molecule has 33 heavy (non-hydrogen) atoms. The lowest BCUT2D eigenvalue weighted by Crippen LogP contribution is -2.56. The standard InChI is InChI=1S/C22H28FN5O4S/c1-13(2)32-22(29)28-15-5-6-16(28)11-27(10-15)21-14(3)20(24-12-25-21)26-19-8-7-17(9-18(19)23)33(4,30)31/h7-9,12-13,15-16H,5-6,10-11H2,1-4H3,(H,24,25,26). The molecule has 11 heteroatoms. The summed E-state index contributed by atoms with van der Waals surface area (Å²) in [4.78, 5) is 25.1. The second-order valence-corrected chi connectivity index (χ2v) is 10.9. The fourth-order valence-corrected chi connectivity index (χ4v) is 5.11. The van der Waals surface area contributed by atoms with E-state index in [4.69, 9.17) is 4.74 Å². The van der Waals surface area contributed by atoms with Gasteiger partial charge in [0.15, 0.2) is 9.84 Å². The zero-order valence-corrected chi connectivity index (χ0v) is 19.9. The maximum atomic E-state index is 14.5. The van der Waals surface area contributed by atoms with Crippen molar-refractivity contribution < 1.29 is 22.3 Å². The number of hydrogen-bond acceptors (Lipinski definition) is 8. The van der Waals surface area contributed by atoms with Crippen LogP contribution in [0.3, 0.4) is 0 Å². The van der Waals surface area contributed by atoms with Gasteiger partial charge in [-0.2, -0.15) is 0 Å². The van der Waals surface area contributed by atoms with E-state index in [0.717, 1.165) is 36.5 Å². The molecule has 3 heterocycles. The van der Waals surface area contributed by atoms with E-state index in [0.29, 0.717) is 18.9 Å². The van der Waals surface area contributed by atoms with Crippen molar-refractivity contribution in [3.8, 4) is 0 Å². The van der Waals surface area contributed by atoms with E-state index in [9.17, 15) is 17.6 Å². The number of hydrogen-bond donors (Lipinski definition) is 1. The number of aromatic nitrogens is 2. The van der Waals surface area contributed by atoms with Gasteiger partial charge >= 0.3 is 6.09 Å². The number of piperazine rings is 1. The van der Waals surface area contributed by atoms with Crippen LogP contribution in [-0.2, 0) is 14.6 Å². The maximum absolute atomic E-state index is 14.5. The van der Waals surface area contributed by atoms with Crippen molar-refractivity contribution in [3.05, 3.63) is 35.9 Å². The number of ether oxygens (including phenoxy) is 1. The molecular formula is C22H28FN5O4S. The van der Waals surface area contributed by atoms with Crippen molar-refractivity contribution in [2.45, 2.75) is 56.7 Å². The number of nitrogens with zero attached hydrogens (tertiary/aromatic N) is 4. The summed E-state index contributed by atoms with van der Waals surface area (Å²) in [5, 5.41) is 2.95. The molecule has 1 aromatic carbocycles. The number of carbonyl (C=O) groups excluding carboxylic acids is 1. The van der Waals surface area contributed by atoms with Crippen LogP contribution in [0.2, 0.25) is 0 Å². The third-order valence-electron chi connectivity index (χ3n) is 6.01. The van der Waals surface area contributed by atoms with Crippen molar-refractivity contribution >= 4 is 33.3 Å². The van der Waals surface area contributed by atoms with Gasteiger partial charge < -0.3 is 15.0 Å². The molecule has 1 amide bonds. The Hall–Kier alpha value is -2.95. The van der Waals surface area contributed by atoms with Crippen LogP contribution in [0.15, 0.2) is 29.4 Å². The van der Waals surface area contributed by atoms with Crippen LogP contribution in [0.25, 0.3) is 0 Å². The molecule has 0 radical (unpaired) electrons. The van der Waals surface area contributed by atoms with E-state index < -0.39 is 15.7 Å². The fourth-order valence-electron chi connectivity index (χ4n) is 4.48. The number of fused-ring (bicyclic) bond motifs is 2. The highest BCUT2D eigenvalue weighted by molar-refractivity contribution is 7.90. The minimum Gasteiger partial charge on any atom is -0.447 e. The van der Waals surface area contributed by atoms with Gasteiger partial charge in [0.1, 0.15) is 23.8 Å². The lowest BCUT2D eigenvalue weighted by Gasteiger charge is -2.41. The first kappa shape index (κ1) is 23.2. The molecule has 2 aromatic rings. The smallest absolute Gasteiger partial charge is 0.410 e. The van der Waals surface area contributed by atoms with Crippen molar-refractivity contribution in [3.63, 3.8) is 0 Å². The molecule has 0 aliphatic carbocycles. The number of sulfone groups is 1. The van der Waals surface area contributed by atoms with Crippen LogP contribution in [0.5, 0.6) is 0 Å². The molecule has 2 aliphatic rings. The lowest BCUT2D eigenvalue weighted by atomic mass is 10.1. The molecule has 2 atom stereocenters. The van der Waals surface area contributed by atoms with Crippen LogP contribution >= 0.6 is 0 Å². The largest absolute Gasteiger partial charge is 0.447 e. The molecule has 2 saturated heterocycles. The predicted octanol–water partition coefficient (Wildman–Crippen LogP) is 3.27. The van der Waals surface area contributed by atoms with Crippen LogP contribution in [0.4, 0.5) is 26.5 Å². The average Bonchev–Trinajstić information content (AvgIpc) is 2.99. The molecule has 2 fully saturated rings. The first-order chi connectivity index (χ1) is 15.5. The van der Waals surface area contributed by atoms with E-state index in [1.807, 2.05) is 25.7 Å². The molecule has 2 bridgehead atoms. The molecule has 9 nitrogen and oxygen atoms in total. The molecule has 1 N–H and O–H groups in total. The molecular weight excluding hydrogens is 449 g/mol. The highest BCUT2D eigenvalue weighted by Crippen LogP contribution is 2.35. The number of anilines is 3. The van der Waals surface area contributed by atoms with Gasteiger partial charge in [0, 0.05) is 24.9 Å². The first-order valence-corrected chi connectivity index (χ1v) is 12.8. The second kappa shape index (κ2) is 8.77. The molecule has 0 spiro atoms. The summed E-state index contributed by atoms with van der Waals surface area (Å²) < 4.78 is 43.3. The predicted molar refractivity (Wildman–Crippen MR) is 122 cm³/mol. The number of amides is 1. The van der Waals surface area contributed by atoms with Gasteiger partial charge in [-0.05, 0) is 51.8 Å². The summed E-state index contributed by atoms with van der Waals surface area (Å²) >= 11 is 0. The maximum Gasteiger partial charge on any atom is 0.410 e. The quantitative estimate of drug-likeness (QED) is 0.700. The molecule has 4 rings (SSSR count). The Labute approximate surface area is 192 Å². The Morgan fingerprint density at radius 1 is 1.21 bits per heavy atom. The summed E-state index contributed by atoms with van der Waals surface area (Å²) in [6.07, 6.45) is 3.81. The number of rotatable bonds is 5. The van der Waals surface area contributed by atoms with Crippen LogP contribution < -0.4 is 10.2 Å². The van der Waals surface area contributed by atoms with Gasteiger partial charge in [-0.3, -0.25) is 4.90 Å². The highest BCUT2D eigenvalue weighted by Gasteiger charge is 2.44. The van der Waals surface area contributed by atoms with Crippen molar-refractivity contribution in [2.75, 3.05) is 29.6 Å². The molecule has 0 saturated carbocycles. The summed E-state index contributed by atoms with van der Waals surface area (Å²) in [6, 6.07) is 3.81. The van der Waals surface area contributed by atoms with Gasteiger partial charge in [0.2, 0.25) is 0 Å². The highest BCUT2D eigenvalue weighted by atomic mass is 32.2. The van der Waals surface area contributed by atoms with Gasteiger partial charge in [-0.15, -0.1) is 0 Å². The Bertz CT molecular complexity index is 1160. The van der Waals surface area contributed by atoms with Gasteiger partial charge in [-0.1, -0.05) is 0 Å². The Kier molecular flexibility index (Phi) is 6.17. The fraction of sp³-hybridized carbons (Fsp3) is 0.500. The third-order valence-corrected chi connectivity index (χ3v) is 7.12. The SMILES string of the molecule is Cc1c(Nc2ccc(S(C)(=O)=O)cc2F)ncnc1N1CC2CCC(C1)N2C(=O)OC(C)C. The van der Waals surface area contributed by atoms with Crippen molar-refractivity contribution in [1.29, 1.82) is 0 Å². The number of halogens is 1. The third kappa shape index (κ3) is 4.73. The Morgan fingerprint density at radius 2 is 1.88 bits per heavy atom. The lowest BCUT2D eigenvalue weighted by molar-refractivity contribution is 0.0571. The first-order valence-electron chi connectivity index (χ1n) is 10.9. The number of benzene rings is 1. The molecule has 2 aliphatic heterocycles. The summed E-state index contributed by atoms with van der Waals surface area (Å²) in [5.74, 6) is 0.460. The van der Waals surface area contributed by atoms with Gasteiger partial charge in [-0.25, -0.2) is 27.6 Å². The summed E-state index contributed by atoms with van der Waals surface area (Å²) in [7, 11) is -3.50. The van der Waals surface area contributed by atoms with Gasteiger partial charge in [0.05, 0.1) is 28.8 Å². The van der Waals surface area contributed by atoms with E-state index in [1.54, 1.807) is 0 Å². The van der Waals surface area contributed by atoms with Gasteiger partial charge in [0.25, 0.3) is 0 Å². The Balaban J connectivity index is 1.54. The van der Waals surface area contributed by atoms with Crippen LogP contribution in [0.1, 0.15) is 32.3 Å². The number of nitrogens with one attached hydrogen (secondary N) is 1. The minimum atomic E-state index is -3.50. The normalized spacial score (nSPS) is 20.3. The molecule has 1 aromatic heterocycles. The van der Waals surface area contributed by atoms with E-state index in [-0.39, 0.29) is 34.9 Å². The molecule has 2 unspecified atom stereocenters. The zero-order valence-electron chi connectivity index (χ0n) is 19.1. The average molecular weight is 478 g/mol. The minimum absolute atomic E-state index is 0.0433. The zero-order chi connectivity index (χ0) is 23.9. The second-order valence-electron chi connectivity index (χ2n) is 8.84.